The van der Waals surface area contributed by atoms with E-state index in [-0.39, 0.29) is 5.92 Å². The van der Waals surface area contributed by atoms with Crippen molar-refractivity contribution in [2.45, 2.75) is 6.92 Å². The van der Waals surface area contributed by atoms with Gasteiger partial charge in [0.05, 0.1) is 24.3 Å². The second kappa shape index (κ2) is 4.70. The molecule has 0 bridgehead atoms. The summed E-state index contributed by atoms with van der Waals surface area (Å²) in [5, 5.41) is 37.7. The Hall–Kier alpha value is -2.82. The number of hydrogen-bond acceptors (Lipinski definition) is 4. The molecule has 0 heterocycles. The first-order valence-electron chi connectivity index (χ1n) is 6.30. The summed E-state index contributed by atoms with van der Waals surface area (Å²) < 4.78 is 0. The van der Waals surface area contributed by atoms with Gasteiger partial charge in [-0.3, -0.25) is 0 Å². The first kappa shape index (κ1) is 13.6. The van der Waals surface area contributed by atoms with Crippen molar-refractivity contribution in [2.75, 3.05) is 0 Å². The Bertz CT molecular complexity index is 641. The Labute approximate surface area is 118 Å². The van der Waals surface area contributed by atoms with E-state index in [1.165, 1.54) is 0 Å². The van der Waals surface area contributed by atoms with Crippen molar-refractivity contribution in [3.8, 4) is 24.3 Å². The molecule has 0 spiro atoms. The van der Waals surface area contributed by atoms with E-state index in [1.54, 1.807) is 18.2 Å². The first-order chi connectivity index (χ1) is 9.61. The molecule has 4 heteroatoms. The van der Waals surface area contributed by atoms with Gasteiger partial charge in [-0.05, 0) is 5.92 Å². The van der Waals surface area contributed by atoms with Crippen molar-refractivity contribution in [1.82, 2.24) is 0 Å². The van der Waals surface area contributed by atoms with Crippen molar-refractivity contribution in [3.05, 3.63) is 36.5 Å². The average molecular weight is 260 g/mol. The maximum absolute atomic E-state index is 9.42. The lowest BCUT2D eigenvalue weighted by molar-refractivity contribution is 0.00673. The molecule has 1 fully saturated rings. The molecule has 4 nitrogen and oxygen atoms in total. The van der Waals surface area contributed by atoms with Crippen LogP contribution in [0.1, 0.15) is 6.92 Å². The Morgan fingerprint density at radius 1 is 0.700 bits per heavy atom. The van der Waals surface area contributed by atoms with Crippen LogP contribution in [-0.4, -0.2) is 0 Å². The van der Waals surface area contributed by atoms with Gasteiger partial charge in [-0.25, -0.2) is 0 Å². The topological polar surface area (TPSA) is 95.2 Å². The highest BCUT2D eigenvalue weighted by molar-refractivity contribution is 5.49. The number of hydrogen-bond donors (Lipinski definition) is 0. The fourth-order valence-electron chi connectivity index (χ4n) is 2.98. The summed E-state index contributed by atoms with van der Waals surface area (Å²) in [6.07, 6.45) is 11.1. The Morgan fingerprint density at radius 2 is 1.15 bits per heavy atom. The van der Waals surface area contributed by atoms with Gasteiger partial charge in [0.25, 0.3) is 0 Å². The predicted octanol–water partition coefficient (Wildman–Crippen LogP) is 2.62. The third kappa shape index (κ3) is 1.43. The third-order valence-electron chi connectivity index (χ3n) is 4.18. The van der Waals surface area contributed by atoms with E-state index in [1.807, 2.05) is 49.4 Å². The molecule has 0 aromatic heterocycles. The molecule has 0 aliphatic heterocycles. The van der Waals surface area contributed by atoms with E-state index >= 15 is 0 Å². The van der Waals surface area contributed by atoms with Gasteiger partial charge in [-0.15, -0.1) is 0 Å². The first-order valence-corrected chi connectivity index (χ1v) is 6.30. The summed E-state index contributed by atoms with van der Waals surface area (Å²) in [6, 6.07) is 7.70. The van der Waals surface area contributed by atoms with E-state index in [4.69, 9.17) is 0 Å². The van der Waals surface area contributed by atoms with Crippen LogP contribution >= 0.6 is 0 Å². The van der Waals surface area contributed by atoms with E-state index in [9.17, 15) is 21.0 Å². The molecule has 3 atom stereocenters. The SMILES string of the molecule is CC1/C=C\C=C/C2[C@H](/C=C\1)C(C#N)(C#N)C2(C#N)C#N. The second-order valence-corrected chi connectivity index (χ2v) is 5.13. The number of nitrogens with zero attached hydrogens (tertiary/aromatic N) is 4. The van der Waals surface area contributed by atoms with Crippen LogP contribution in [0.2, 0.25) is 0 Å². The molecule has 1 saturated carbocycles. The van der Waals surface area contributed by atoms with E-state index < -0.39 is 22.7 Å². The van der Waals surface area contributed by atoms with Gasteiger partial charge in [-0.1, -0.05) is 43.4 Å². The molecular formula is C16H12N4. The highest BCUT2D eigenvalue weighted by atomic mass is 14.7. The molecule has 0 N–H and O–H groups in total. The summed E-state index contributed by atoms with van der Waals surface area (Å²) in [4.78, 5) is 0. The predicted molar refractivity (Wildman–Crippen MR) is 70.9 cm³/mol. The highest BCUT2D eigenvalue weighted by Crippen LogP contribution is 2.65. The van der Waals surface area contributed by atoms with Gasteiger partial charge in [-0.2, -0.15) is 21.0 Å². The standard InChI is InChI=1S/C16H12N4/c1-12-4-2-3-5-13-14(7-6-12)16(10-19,11-20)15(13,8-17)9-18/h2-7,12-14H,1H3/b4-2-,5-3-,7-6-/t12?,13?,14-/m0/s1. The summed E-state index contributed by atoms with van der Waals surface area (Å²) >= 11 is 0. The molecule has 2 aliphatic carbocycles. The molecular weight excluding hydrogens is 248 g/mol. The molecule has 2 rings (SSSR count). The Balaban J connectivity index is 2.63. The van der Waals surface area contributed by atoms with Crippen molar-refractivity contribution >= 4 is 0 Å². The summed E-state index contributed by atoms with van der Waals surface area (Å²) in [7, 11) is 0. The number of fused-ring (bicyclic) bond motifs is 1. The Morgan fingerprint density at radius 3 is 1.65 bits per heavy atom. The maximum Gasteiger partial charge on any atom is 0.182 e. The lowest BCUT2D eigenvalue weighted by atomic mass is 9.39. The van der Waals surface area contributed by atoms with Gasteiger partial charge in [0, 0.05) is 11.8 Å². The zero-order valence-corrected chi connectivity index (χ0v) is 11.0. The van der Waals surface area contributed by atoms with Gasteiger partial charge < -0.3 is 0 Å². The van der Waals surface area contributed by atoms with E-state index in [0.717, 1.165) is 0 Å². The zero-order chi connectivity index (χ0) is 14.8. The highest BCUT2D eigenvalue weighted by Gasteiger charge is 2.74. The quantitative estimate of drug-likeness (QED) is 0.625. The minimum Gasteiger partial charge on any atom is -0.196 e. The molecule has 0 saturated heterocycles. The minimum absolute atomic E-state index is 0.174. The van der Waals surface area contributed by atoms with Gasteiger partial charge in [0.2, 0.25) is 0 Å². The number of nitriles is 4. The van der Waals surface area contributed by atoms with Gasteiger partial charge >= 0.3 is 0 Å². The fraction of sp³-hybridized carbons (Fsp3) is 0.375. The van der Waals surface area contributed by atoms with Crippen LogP contribution in [0, 0.1) is 73.9 Å². The van der Waals surface area contributed by atoms with Crippen LogP contribution in [0.25, 0.3) is 0 Å². The summed E-state index contributed by atoms with van der Waals surface area (Å²) in [5.74, 6) is -0.703. The zero-order valence-electron chi connectivity index (χ0n) is 11.0. The van der Waals surface area contributed by atoms with Crippen molar-refractivity contribution in [2.24, 2.45) is 28.6 Å². The normalized spacial score (nSPS) is 36.5. The van der Waals surface area contributed by atoms with E-state index in [2.05, 4.69) is 0 Å². The maximum atomic E-state index is 9.42. The molecule has 2 aliphatic rings. The smallest absolute Gasteiger partial charge is 0.182 e. The second-order valence-electron chi connectivity index (χ2n) is 5.13. The van der Waals surface area contributed by atoms with Crippen LogP contribution in [0.5, 0.6) is 0 Å². The largest absolute Gasteiger partial charge is 0.196 e. The number of rotatable bonds is 0. The average Bonchev–Trinajstić information content (AvgIpc) is 2.54. The molecule has 96 valence electrons. The van der Waals surface area contributed by atoms with Crippen LogP contribution in [0.15, 0.2) is 36.5 Å². The molecule has 0 aromatic rings. The van der Waals surface area contributed by atoms with Crippen molar-refractivity contribution in [1.29, 1.82) is 21.0 Å². The summed E-state index contributed by atoms with van der Waals surface area (Å²) in [5.41, 5.74) is -3.21. The minimum atomic E-state index is -1.61. The monoisotopic (exact) mass is 260 g/mol. The van der Waals surface area contributed by atoms with Crippen molar-refractivity contribution < 1.29 is 0 Å². The van der Waals surface area contributed by atoms with Crippen LogP contribution in [-0.2, 0) is 0 Å². The van der Waals surface area contributed by atoms with Gasteiger partial charge in [0.1, 0.15) is 0 Å². The summed E-state index contributed by atoms with van der Waals surface area (Å²) in [6.45, 7) is 1.99. The van der Waals surface area contributed by atoms with Crippen molar-refractivity contribution in [3.63, 3.8) is 0 Å². The fourth-order valence-corrected chi connectivity index (χ4v) is 2.98. The molecule has 0 aromatic carbocycles. The molecule has 0 amide bonds. The van der Waals surface area contributed by atoms with Crippen LogP contribution < -0.4 is 0 Å². The molecule has 20 heavy (non-hydrogen) atoms. The van der Waals surface area contributed by atoms with Gasteiger partial charge in [0.15, 0.2) is 10.8 Å². The Kier molecular flexibility index (Phi) is 3.19. The van der Waals surface area contributed by atoms with Crippen LogP contribution in [0.3, 0.4) is 0 Å². The molecule has 2 unspecified atom stereocenters. The third-order valence-corrected chi connectivity index (χ3v) is 4.18. The number of allylic oxidation sites excluding steroid dienone is 6. The van der Waals surface area contributed by atoms with Crippen LogP contribution in [0.4, 0.5) is 0 Å². The lowest BCUT2D eigenvalue weighted by Crippen LogP contribution is -2.62. The molecule has 0 radical (unpaired) electrons. The lowest BCUT2D eigenvalue weighted by Gasteiger charge is -2.53. The van der Waals surface area contributed by atoms with E-state index in [0.29, 0.717) is 0 Å².